The van der Waals surface area contributed by atoms with Crippen LogP contribution in [-0.4, -0.2) is 49.7 Å². The lowest BCUT2D eigenvalue weighted by molar-refractivity contribution is 0.153. The maximum Gasteiger partial charge on any atom is 0.0204 e. The molecule has 2 N–H and O–H groups in total. The van der Waals surface area contributed by atoms with Crippen molar-refractivity contribution in [3.8, 4) is 0 Å². The zero-order valence-electron chi connectivity index (χ0n) is 11.8. The molecule has 0 aromatic rings. The van der Waals surface area contributed by atoms with Crippen molar-refractivity contribution in [1.82, 2.24) is 15.5 Å². The first-order valence-corrected chi connectivity index (χ1v) is 8.00. The fourth-order valence-electron chi connectivity index (χ4n) is 3.76. The van der Waals surface area contributed by atoms with E-state index in [1.54, 1.807) is 0 Å². The first kappa shape index (κ1) is 12.9. The number of nitrogens with one attached hydrogen (secondary N) is 2. The predicted molar refractivity (Wildman–Crippen MR) is 75.8 cm³/mol. The predicted octanol–water partition coefficient (Wildman–Crippen LogP) is 1.59. The Kier molecular flexibility index (Phi) is 4.22. The molecule has 3 aliphatic rings. The lowest BCUT2D eigenvalue weighted by Crippen LogP contribution is -2.41. The van der Waals surface area contributed by atoms with E-state index in [2.05, 4.69) is 22.6 Å². The molecule has 0 bridgehead atoms. The topological polar surface area (TPSA) is 27.3 Å². The third-order valence-electron chi connectivity index (χ3n) is 5.17. The van der Waals surface area contributed by atoms with Crippen molar-refractivity contribution in [3.63, 3.8) is 0 Å². The van der Waals surface area contributed by atoms with Gasteiger partial charge in [0.15, 0.2) is 0 Å². The molecule has 1 aliphatic heterocycles. The first-order chi connectivity index (χ1) is 8.85. The molecule has 3 atom stereocenters. The normalized spacial score (nSPS) is 38.2. The standard InChI is InChI=1S/C15H29N3/c1-16-14-7-8-18(11-14)15-4-2-3-12(9-15)10-17-13-5-6-13/h12-17H,2-11H2,1H3. The molecule has 3 fully saturated rings. The van der Waals surface area contributed by atoms with Gasteiger partial charge < -0.3 is 10.6 Å². The van der Waals surface area contributed by atoms with Crippen LogP contribution >= 0.6 is 0 Å². The van der Waals surface area contributed by atoms with Gasteiger partial charge in [-0.1, -0.05) is 6.42 Å². The summed E-state index contributed by atoms with van der Waals surface area (Å²) in [5.41, 5.74) is 0. The fourth-order valence-corrected chi connectivity index (χ4v) is 3.76. The summed E-state index contributed by atoms with van der Waals surface area (Å²) in [6.07, 6.45) is 9.98. The molecule has 3 unspecified atom stereocenters. The molecule has 18 heavy (non-hydrogen) atoms. The van der Waals surface area contributed by atoms with Crippen LogP contribution in [0.4, 0.5) is 0 Å². The molecule has 0 aromatic carbocycles. The highest BCUT2D eigenvalue weighted by molar-refractivity contribution is 4.89. The van der Waals surface area contributed by atoms with Crippen molar-refractivity contribution in [2.45, 2.75) is 63.1 Å². The third kappa shape index (κ3) is 3.25. The zero-order valence-corrected chi connectivity index (χ0v) is 11.8. The average molecular weight is 251 g/mol. The molecule has 104 valence electrons. The van der Waals surface area contributed by atoms with E-state index in [1.807, 2.05) is 0 Å². The van der Waals surface area contributed by atoms with Crippen molar-refractivity contribution in [2.75, 3.05) is 26.7 Å². The van der Waals surface area contributed by atoms with E-state index in [4.69, 9.17) is 0 Å². The van der Waals surface area contributed by atoms with Crippen LogP contribution in [0, 0.1) is 5.92 Å². The Morgan fingerprint density at radius 2 is 1.94 bits per heavy atom. The van der Waals surface area contributed by atoms with Gasteiger partial charge in [-0.05, 0) is 58.0 Å². The maximum absolute atomic E-state index is 3.73. The third-order valence-corrected chi connectivity index (χ3v) is 5.17. The molecule has 3 rings (SSSR count). The summed E-state index contributed by atoms with van der Waals surface area (Å²) in [5, 5.41) is 7.17. The Morgan fingerprint density at radius 3 is 2.67 bits per heavy atom. The summed E-state index contributed by atoms with van der Waals surface area (Å²) >= 11 is 0. The van der Waals surface area contributed by atoms with E-state index in [-0.39, 0.29) is 0 Å². The van der Waals surface area contributed by atoms with E-state index in [0.717, 1.165) is 24.0 Å². The molecule has 0 aromatic heterocycles. The van der Waals surface area contributed by atoms with E-state index in [0.29, 0.717) is 0 Å². The van der Waals surface area contributed by atoms with Crippen LogP contribution in [0.1, 0.15) is 44.9 Å². The van der Waals surface area contributed by atoms with Gasteiger partial charge in [0.2, 0.25) is 0 Å². The molecule has 0 amide bonds. The van der Waals surface area contributed by atoms with Crippen LogP contribution in [0.15, 0.2) is 0 Å². The number of rotatable bonds is 5. The molecule has 2 aliphatic carbocycles. The van der Waals surface area contributed by atoms with Gasteiger partial charge in [0.1, 0.15) is 0 Å². The van der Waals surface area contributed by atoms with Gasteiger partial charge in [0.05, 0.1) is 0 Å². The Balaban J connectivity index is 1.44. The summed E-state index contributed by atoms with van der Waals surface area (Å²) in [7, 11) is 2.11. The molecule has 0 radical (unpaired) electrons. The number of hydrogen-bond donors (Lipinski definition) is 2. The second kappa shape index (κ2) is 5.89. The number of hydrogen-bond acceptors (Lipinski definition) is 3. The van der Waals surface area contributed by atoms with Crippen molar-refractivity contribution in [3.05, 3.63) is 0 Å². The van der Waals surface area contributed by atoms with Gasteiger partial charge in [0, 0.05) is 31.2 Å². The fraction of sp³-hybridized carbons (Fsp3) is 1.00. The minimum absolute atomic E-state index is 0.745. The van der Waals surface area contributed by atoms with Crippen LogP contribution in [0.3, 0.4) is 0 Å². The SMILES string of the molecule is CNC1CCN(C2CCCC(CNC3CC3)C2)C1. The first-order valence-electron chi connectivity index (χ1n) is 8.00. The van der Waals surface area contributed by atoms with Gasteiger partial charge >= 0.3 is 0 Å². The van der Waals surface area contributed by atoms with Gasteiger partial charge in [0.25, 0.3) is 0 Å². The average Bonchev–Trinajstić information content (AvgIpc) is 3.12. The lowest BCUT2D eigenvalue weighted by atomic mass is 9.85. The van der Waals surface area contributed by atoms with Crippen LogP contribution in [-0.2, 0) is 0 Å². The maximum atomic E-state index is 3.73. The molecule has 0 spiro atoms. The van der Waals surface area contributed by atoms with Crippen molar-refractivity contribution in [1.29, 1.82) is 0 Å². The van der Waals surface area contributed by atoms with Crippen molar-refractivity contribution in [2.24, 2.45) is 5.92 Å². The zero-order chi connectivity index (χ0) is 12.4. The largest absolute Gasteiger partial charge is 0.316 e. The van der Waals surface area contributed by atoms with E-state index < -0.39 is 0 Å². The monoisotopic (exact) mass is 251 g/mol. The highest BCUT2D eigenvalue weighted by Gasteiger charge is 2.32. The van der Waals surface area contributed by atoms with Crippen LogP contribution in [0.5, 0.6) is 0 Å². The van der Waals surface area contributed by atoms with Crippen LogP contribution in [0.2, 0.25) is 0 Å². The molecule has 2 saturated carbocycles. The lowest BCUT2D eigenvalue weighted by Gasteiger charge is -2.35. The van der Waals surface area contributed by atoms with Gasteiger partial charge in [-0.15, -0.1) is 0 Å². The molecule has 3 nitrogen and oxygen atoms in total. The number of likely N-dealkylation sites (tertiary alicyclic amines) is 1. The Bertz CT molecular complexity index is 264. The second-order valence-electron chi connectivity index (χ2n) is 6.64. The second-order valence-corrected chi connectivity index (χ2v) is 6.64. The molecule has 1 heterocycles. The summed E-state index contributed by atoms with van der Waals surface area (Å²) < 4.78 is 0. The van der Waals surface area contributed by atoms with E-state index in [9.17, 15) is 0 Å². The quantitative estimate of drug-likeness (QED) is 0.777. The van der Waals surface area contributed by atoms with Gasteiger partial charge in [-0.3, -0.25) is 4.90 Å². The Labute approximate surface area is 112 Å². The van der Waals surface area contributed by atoms with Crippen LogP contribution in [0.25, 0.3) is 0 Å². The van der Waals surface area contributed by atoms with Gasteiger partial charge in [-0.25, -0.2) is 0 Å². The highest BCUT2D eigenvalue weighted by atomic mass is 15.2. The van der Waals surface area contributed by atoms with Crippen LogP contribution < -0.4 is 10.6 Å². The van der Waals surface area contributed by atoms with Gasteiger partial charge in [-0.2, -0.15) is 0 Å². The van der Waals surface area contributed by atoms with E-state index >= 15 is 0 Å². The van der Waals surface area contributed by atoms with Crippen molar-refractivity contribution < 1.29 is 0 Å². The summed E-state index contributed by atoms with van der Waals surface area (Å²) in [6, 6.07) is 2.50. The highest BCUT2D eigenvalue weighted by Crippen LogP contribution is 2.30. The van der Waals surface area contributed by atoms with Crippen molar-refractivity contribution >= 4 is 0 Å². The minimum Gasteiger partial charge on any atom is -0.316 e. The summed E-state index contributed by atoms with van der Waals surface area (Å²) in [6.45, 7) is 3.88. The van der Waals surface area contributed by atoms with E-state index in [1.165, 1.54) is 64.6 Å². The Morgan fingerprint density at radius 1 is 1.06 bits per heavy atom. The smallest absolute Gasteiger partial charge is 0.0204 e. The minimum atomic E-state index is 0.745. The summed E-state index contributed by atoms with van der Waals surface area (Å²) in [5.74, 6) is 0.943. The summed E-state index contributed by atoms with van der Waals surface area (Å²) in [4.78, 5) is 2.75. The molecule has 3 heteroatoms. The molecule has 1 saturated heterocycles. The Hall–Kier alpha value is -0.120. The number of likely N-dealkylation sites (N-methyl/N-ethyl adjacent to an activating group) is 1. The molecular weight excluding hydrogens is 222 g/mol. The molecular formula is C15H29N3. The number of nitrogens with zero attached hydrogens (tertiary/aromatic N) is 1.